The summed E-state index contributed by atoms with van der Waals surface area (Å²) >= 11 is 5.11. The Balaban J connectivity index is 2.49. The van der Waals surface area contributed by atoms with E-state index in [1.165, 1.54) is 0 Å². The monoisotopic (exact) mass is 258 g/mol. The third-order valence-electron chi connectivity index (χ3n) is 3.15. The number of amides is 2. The molecule has 0 saturated carbocycles. The van der Waals surface area contributed by atoms with Gasteiger partial charge in [0.05, 0.1) is 11.0 Å². The lowest BCUT2D eigenvalue weighted by molar-refractivity contribution is 0.126. The predicted octanol–water partition coefficient (Wildman–Crippen LogP) is 0.398. The van der Waals surface area contributed by atoms with Crippen LogP contribution in [0.3, 0.4) is 0 Å². The predicted molar refractivity (Wildman–Crippen MR) is 73.1 cm³/mol. The van der Waals surface area contributed by atoms with Gasteiger partial charge in [0, 0.05) is 33.2 Å². The van der Waals surface area contributed by atoms with Crippen molar-refractivity contribution in [3.8, 4) is 0 Å². The van der Waals surface area contributed by atoms with E-state index in [1.807, 2.05) is 4.90 Å². The summed E-state index contributed by atoms with van der Waals surface area (Å²) < 4.78 is 0. The van der Waals surface area contributed by atoms with Gasteiger partial charge >= 0.3 is 6.03 Å². The van der Waals surface area contributed by atoms with Crippen LogP contribution in [0.25, 0.3) is 0 Å². The van der Waals surface area contributed by atoms with Crippen molar-refractivity contribution < 1.29 is 4.79 Å². The number of piperazine rings is 1. The first-order chi connectivity index (χ1) is 8.10. The zero-order chi connectivity index (χ0) is 12.8. The summed E-state index contributed by atoms with van der Waals surface area (Å²) in [5, 5.41) is 2.64. The first kappa shape index (κ1) is 14.2. The number of hydrogen-bond donors (Lipinski definition) is 2. The van der Waals surface area contributed by atoms with Gasteiger partial charge in [0.2, 0.25) is 0 Å². The largest absolute Gasteiger partial charge is 0.392 e. The summed E-state index contributed by atoms with van der Waals surface area (Å²) in [5.74, 6) is 0. The van der Waals surface area contributed by atoms with Crippen molar-refractivity contribution >= 4 is 23.2 Å². The molecule has 98 valence electrons. The fraction of sp³-hybridized carbons (Fsp3) is 0.818. The molecular formula is C11H22N4OS. The van der Waals surface area contributed by atoms with Crippen molar-refractivity contribution in [1.82, 2.24) is 15.1 Å². The number of carbonyl (C=O) groups excluding carboxylic acids is 1. The number of rotatable bonds is 4. The van der Waals surface area contributed by atoms with Crippen molar-refractivity contribution in [3.63, 3.8) is 0 Å². The summed E-state index contributed by atoms with van der Waals surface area (Å²) in [4.78, 5) is 16.1. The van der Waals surface area contributed by atoms with E-state index in [0.29, 0.717) is 4.99 Å². The van der Waals surface area contributed by atoms with Gasteiger partial charge in [-0.25, -0.2) is 4.79 Å². The molecule has 1 saturated heterocycles. The van der Waals surface area contributed by atoms with Gasteiger partial charge in [-0.05, 0) is 6.42 Å². The van der Waals surface area contributed by atoms with Gasteiger partial charge in [-0.15, -0.1) is 0 Å². The topological polar surface area (TPSA) is 61.6 Å². The quantitative estimate of drug-likeness (QED) is 0.717. The molecule has 6 heteroatoms. The van der Waals surface area contributed by atoms with E-state index in [2.05, 4.69) is 17.1 Å². The maximum absolute atomic E-state index is 11.4. The highest BCUT2D eigenvalue weighted by atomic mass is 32.1. The molecule has 1 atom stereocenters. The second-order valence-electron chi connectivity index (χ2n) is 4.29. The van der Waals surface area contributed by atoms with E-state index in [0.717, 1.165) is 39.0 Å². The van der Waals surface area contributed by atoms with Crippen LogP contribution < -0.4 is 11.1 Å². The molecule has 1 aliphatic heterocycles. The fourth-order valence-electron chi connectivity index (χ4n) is 2.17. The van der Waals surface area contributed by atoms with Crippen LogP contribution in [0.15, 0.2) is 0 Å². The molecule has 0 aromatic heterocycles. The molecule has 0 aromatic rings. The Morgan fingerprint density at radius 1 is 1.41 bits per heavy atom. The molecule has 1 fully saturated rings. The van der Waals surface area contributed by atoms with Crippen LogP contribution in [0.5, 0.6) is 0 Å². The summed E-state index contributed by atoms with van der Waals surface area (Å²) in [6.07, 6.45) is 2.06. The zero-order valence-electron chi connectivity index (χ0n) is 10.6. The lowest BCUT2D eigenvalue weighted by Gasteiger charge is -2.38. The van der Waals surface area contributed by atoms with Gasteiger partial charge in [0.1, 0.15) is 0 Å². The molecule has 0 radical (unpaired) electrons. The van der Waals surface area contributed by atoms with Gasteiger partial charge in [-0.3, -0.25) is 4.90 Å². The normalized spacial score (nSPS) is 18.8. The number of hydrogen-bond acceptors (Lipinski definition) is 3. The van der Waals surface area contributed by atoms with Gasteiger partial charge in [-0.1, -0.05) is 25.6 Å². The van der Waals surface area contributed by atoms with Crippen molar-refractivity contribution in [1.29, 1.82) is 0 Å². The maximum atomic E-state index is 11.4. The van der Waals surface area contributed by atoms with Crippen LogP contribution in [-0.2, 0) is 0 Å². The molecule has 1 aliphatic rings. The summed E-state index contributed by atoms with van der Waals surface area (Å²) in [6, 6.07) is 0.175. The molecule has 1 unspecified atom stereocenters. The Kier molecular flexibility index (Phi) is 5.64. The standard InChI is InChI=1S/C11H22N4OS/c1-3-4-9(10(12)17)14-5-7-15(8-6-14)11(16)13-2/h9H,3-8H2,1-2H3,(H2,12,17)(H,13,16). The number of urea groups is 1. The molecular weight excluding hydrogens is 236 g/mol. The van der Waals surface area contributed by atoms with Crippen molar-refractivity contribution in [2.75, 3.05) is 33.2 Å². The molecule has 3 N–H and O–H groups in total. The van der Waals surface area contributed by atoms with Gasteiger partial charge < -0.3 is 16.0 Å². The lowest BCUT2D eigenvalue weighted by Crippen LogP contribution is -2.56. The van der Waals surface area contributed by atoms with Crippen LogP contribution in [-0.4, -0.2) is 60.1 Å². The van der Waals surface area contributed by atoms with E-state index >= 15 is 0 Å². The number of thiocarbonyl (C=S) groups is 1. The molecule has 0 aliphatic carbocycles. The first-order valence-corrected chi connectivity index (χ1v) is 6.51. The molecule has 2 amide bonds. The van der Waals surface area contributed by atoms with Crippen LogP contribution in [0.4, 0.5) is 4.79 Å². The smallest absolute Gasteiger partial charge is 0.317 e. The number of nitrogens with one attached hydrogen (secondary N) is 1. The SMILES string of the molecule is CCCC(C(N)=S)N1CCN(C(=O)NC)CC1. The Morgan fingerprint density at radius 2 is 2.00 bits per heavy atom. The van der Waals surface area contributed by atoms with Crippen molar-refractivity contribution in [2.24, 2.45) is 5.73 Å². The van der Waals surface area contributed by atoms with Crippen LogP contribution >= 0.6 is 12.2 Å². The third kappa shape index (κ3) is 3.81. The minimum atomic E-state index is -0.00739. The maximum Gasteiger partial charge on any atom is 0.317 e. The molecule has 17 heavy (non-hydrogen) atoms. The van der Waals surface area contributed by atoms with E-state index < -0.39 is 0 Å². The highest BCUT2D eigenvalue weighted by Gasteiger charge is 2.26. The van der Waals surface area contributed by atoms with E-state index in [9.17, 15) is 4.79 Å². The van der Waals surface area contributed by atoms with Crippen molar-refractivity contribution in [3.05, 3.63) is 0 Å². The second kappa shape index (κ2) is 6.76. The number of carbonyl (C=O) groups is 1. The third-order valence-corrected chi connectivity index (χ3v) is 3.42. The summed E-state index contributed by atoms with van der Waals surface area (Å²) in [7, 11) is 1.66. The van der Waals surface area contributed by atoms with E-state index in [1.54, 1.807) is 7.05 Å². The first-order valence-electron chi connectivity index (χ1n) is 6.10. The fourth-order valence-corrected chi connectivity index (χ4v) is 2.44. The van der Waals surface area contributed by atoms with Gasteiger partial charge in [0.25, 0.3) is 0 Å². The highest BCUT2D eigenvalue weighted by molar-refractivity contribution is 7.80. The van der Waals surface area contributed by atoms with Crippen LogP contribution in [0.1, 0.15) is 19.8 Å². The average molecular weight is 258 g/mol. The number of nitrogens with zero attached hydrogens (tertiary/aromatic N) is 2. The molecule has 0 spiro atoms. The van der Waals surface area contributed by atoms with E-state index in [4.69, 9.17) is 18.0 Å². The minimum Gasteiger partial charge on any atom is -0.392 e. The van der Waals surface area contributed by atoms with Crippen LogP contribution in [0, 0.1) is 0 Å². The van der Waals surface area contributed by atoms with Crippen molar-refractivity contribution in [2.45, 2.75) is 25.8 Å². The highest BCUT2D eigenvalue weighted by Crippen LogP contribution is 2.11. The zero-order valence-corrected chi connectivity index (χ0v) is 11.4. The molecule has 0 bridgehead atoms. The van der Waals surface area contributed by atoms with E-state index in [-0.39, 0.29) is 12.1 Å². The molecule has 5 nitrogen and oxygen atoms in total. The van der Waals surface area contributed by atoms with Crippen LogP contribution in [0.2, 0.25) is 0 Å². The Hall–Kier alpha value is -0.880. The molecule has 1 rings (SSSR count). The van der Waals surface area contributed by atoms with Gasteiger partial charge in [-0.2, -0.15) is 0 Å². The minimum absolute atomic E-state index is 0.00739. The second-order valence-corrected chi connectivity index (χ2v) is 4.76. The Bertz CT molecular complexity index is 277. The Labute approximate surface area is 108 Å². The molecule has 0 aromatic carbocycles. The summed E-state index contributed by atoms with van der Waals surface area (Å²) in [6.45, 7) is 5.29. The van der Waals surface area contributed by atoms with Gasteiger partial charge in [0.15, 0.2) is 0 Å². The molecule has 1 heterocycles. The average Bonchev–Trinajstić information content (AvgIpc) is 2.35. The lowest BCUT2D eigenvalue weighted by atomic mass is 10.1. The summed E-state index contributed by atoms with van der Waals surface area (Å²) in [5.41, 5.74) is 5.77. The number of nitrogens with two attached hydrogens (primary N) is 1. The Morgan fingerprint density at radius 3 is 2.41 bits per heavy atom.